The van der Waals surface area contributed by atoms with Crippen LogP contribution in [0.3, 0.4) is 0 Å². The van der Waals surface area contributed by atoms with Crippen molar-refractivity contribution in [2.45, 2.75) is 55.7 Å². The summed E-state index contributed by atoms with van der Waals surface area (Å²) in [6, 6.07) is 0. The van der Waals surface area contributed by atoms with E-state index >= 15 is 0 Å². The molecule has 0 aromatic rings. The molecule has 0 bridgehead atoms. The molecular weight excluding hydrogens is 320 g/mol. The van der Waals surface area contributed by atoms with Crippen molar-refractivity contribution in [1.29, 1.82) is 0 Å². The maximum atomic E-state index is 5.58. The van der Waals surface area contributed by atoms with E-state index in [1.807, 2.05) is 7.05 Å². The number of guanidine groups is 1. The Morgan fingerprint density at radius 3 is 2.62 bits per heavy atom. The van der Waals surface area contributed by atoms with Gasteiger partial charge < -0.3 is 15.4 Å². The van der Waals surface area contributed by atoms with E-state index in [4.69, 9.17) is 4.74 Å². The maximum Gasteiger partial charge on any atom is 0.191 e. The third-order valence-electron chi connectivity index (χ3n) is 5.80. The van der Waals surface area contributed by atoms with E-state index in [1.54, 1.807) is 0 Å². The first-order valence-electron chi connectivity index (χ1n) is 9.71. The lowest BCUT2D eigenvalue weighted by atomic mass is 9.80. The highest BCUT2D eigenvalue weighted by Crippen LogP contribution is 2.33. The molecule has 0 radical (unpaired) electrons. The maximum absolute atomic E-state index is 5.58. The Labute approximate surface area is 151 Å². The van der Waals surface area contributed by atoms with Crippen molar-refractivity contribution in [3.8, 4) is 0 Å². The van der Waals surface area contributed by atoms with Gasteiger partial charge in [-0.05, 0) is 31.4 Å². The molecule has 3 fully saturated rings. The quantitative estimate of drug-likeness (QED) is 0.585. The summed E-state index contributed by atoms with van der Waals surface area (Å²) in [7, 11) is 1.89. The van der Waals surface area contributed by atoms with Crippen molar-refractivity contribution >= 4 is 17.7 Å². The number of nitrogens with one attached hydrogen (secondary N) is 2. The fourth-order valence-corrected chi connectivity index (χ4v) is 5.54. The second kappa shape index (κ2) is 9.30. The summed E-state index contributed by atoms with van der Waals surface area (Å²) in [5.41, 5.74) is 0.293. The smallest absolute Gasteiger partial charge is 0.191 e. The van der Waals surface area contributed by atoms with Crippen molar-refractivity contribution < 1.29 is 4.74 Å². The first-order chi connectivity index (χ1) is 11.8. The van der Waals surface area contributed by atoms with E-state index in [0.29, 0.717) is 5.54 Å². The first kappa shape index (κ1) is 18.3. The van der Waals surface area contributed by atoms with Crippen molar-refractivity contribution in [2.75, 3.05) is 52.2 Å². The van der Waals surface area contributed by atoms with Crippen LogP contribution in [0.5, 0.6) is 0 Å². The van der Waals surface area contributed by atoms with Gasteiger partial charge in [-0.25, -0.2) is 0 Å². The molecular formula is C18H34N4OS. The summed E-state index contributed by atoms with van der Waals surface area (Å²) >= 11 is 2.10. The summed E-state index contributed by atoms with van der Waals surface area (Å²) < 4.78 is 5.58. The van der Waals surface area contributed by atoms with Gasteiger partial charge in [0, 0.05) is 44.0 Å². The Morgan fingerprint density at radius 2 is 1.96 bits per heavy atom. The molecule has 2 saturated heterocycles. The number of morpholine rings is 1. The minimum Gasteiger partial charge on any atom is -0.379 e. The number of ether oxygens (including phenoxy) is 1. The van der Waals surface area contributed by atoms with Crippen LogP contribution in [0.1, 0.15) is 44.9 Å². The Balaban J connectivity index is 1.53. The van der Waals surface area contributed by atoms with Gasteiger partial charge in [0.1, 0.15) is 0 Å². The lowest BCUT2D eigenvalue weighted by Gasteiger charge is -2.48. The van der Waals surface area contributed by atoms with Gasteiger partial charge in [0.05, 0.1) is 13.2 Å². The highest BCUT2D eigenvalue weighted by atomic mass is 32.2. The molecule has 6 heteroatoms. The van der Waals surface area contributed by atoms with E-state index in [2.05, 4.69) is 32.3 Å². The minimum absolute atomic E-state index is 0.293. The Hall–Kier alpha value is -0.460. The molecule has 5 nitrogen and oxygen atoms in total. The van der Waals surface area contributed by atoms with Crippen LogP contribution >= 0.6 is 11.8 Å². The van der Waals surface area contributed by atoms with Gasteiger partial charge in [-0.2, -0.15) is 11.8 Å². The Bertz CT molecular complexity index is 400. The van der Waals surface area contributed by atoms with Crippen LogP contribution in [-0.2, 0) is 4.74 Å². The van der Waals surface area contributed by atoms with Crippen molar-refractivity contribution in [1.82, 2.24) is 15.5 Å². The lowest BCUT2D eigenvalue weighted by Crippen LogP contribution is -2.60. The Kier molecular flexibility index (Phi) is 7.10. The van der Waals surface area contributed by atoms with Gasteiger partial charge in [-0.15, -0.1) is 0 Å². The summed E-state index contributed by atoms with van der Waals surface area (Å²) in [4.78, 5) is 7.13. The van der Waals surface area contributed by atoms with Crippen LogP contribution in [0, 0.1) is 0 Å². The predicted molar refractivity (Wildman–Crippen MR) is 103 cm³/mol. The van der Waals surface area contributed by atoms with Crippen LogP contribution in [0.4, 0.5) is 0 Å². The molecule has 1 atom stereocenters. The number of hydrogen-bond donors (Lipinski definition) is 2. The SMILES string of the molecule is CN=C(NCC1CCCS1)NCC1(N2CCOCC2)CCCCC1. The molecule has 0 spiro atoms. The Morgan fingerprint density at radius 1 is 1.17 bits per heavy atom. The summed E-state index contributed by atoms with van der Waals surface area (Å²) in [6.45, 7) is 5.96. The second-order valence-electron chi connectivity index (χ2n) is 7.33. The molecule has 24 heavy (non-hydrogen) atoms. The van der Waals surface area contributed by atoms with Crippen LogP contribution in [0.15, 0.2) is 4.99 Å². The molecule has 3 aliphatic rings. The van der Waals surface area contributed by atoms with E-state index in [1.165, 1.54) is 50.7 Å². The van der Waals surface area contributed by atoms with Gasteiger partial charge in [0.25, 0.3) is 0 Å². The molecule has 138 valence electrons. The highest BCUT2D eigenvalue weighted by molar-refractivity contribution is 8.00. The van der Waals surface area contributed by atoms with Crippen LogP contribution in [-0.4, -0.2) is 73.8 Å². The zero-order valence-electron chi connectivity index (χ0n) is 15.2. The normalized spacial score (nSPS) is 28.7. The zero-order chi connectivity index (χ0) is 16.7. The molecule has 1 aliphatic carbocycles. The first-order valence-corrected chi connectivity index (χ1v) is 10.8. The topological polar surface area (TPSA) is 48.9 Å². The summed E-state index contributed by atoms with van der Waals surface area (Å²) in [5, 5.41) is 7.95. The fraction of sp³-hybridized carbons (Fsp3) is 0.944. The van der Waals surface area contributed by atoms with Gasteiger partial charge in [-0.1, -0.05) is 19.3 Å². The van der Waals surface area contributed by atoms with E-state index in [-0.39, 0.29) is 0 Å². The third kappa shape index (κ3) is 4.79. The highest BCUT2D eigenvalue weighted by Gasteiger charge is 2.38. The van der Waals surface area contributed by atoms with Crippen LogP contribution in [0.25, 0.3) is 0 Å². The number of thioether (sulfide) groups is 1. The average molecular weight is 355 g/mol. The fourth-order valence-electron chi connectivity index (χ4n) is 4.34. The average Bonchev–Trinajstić information content (AvgIpc) is 3.17. The molecule has 1 unspecified atom stereocenters. The minimum atomic E-state index is 0.293. The molecule has 2 heterocycles. The number of rotatable bonds is 5. The molecule has 3 rings (SSSR count). The molecule has 2 N–H and O–H groups in total. The van der Waals surface area contributed by atoms with Crippen LogP contribution in [0.2, 0.25) is 0 Å². The van der Waals surface area contributed by atoms with Gasteiger partial charge >= 0.3 is 0 Å². The molecule has 0 aromatic carbocycles. The van der Waals surface area contributed by atoms with Crippen molar-refractivity contribution in [3.05, 3.63) is 0 Å². The van der Waals surface area contributed by atoms with Crippen LogP contribution < -0.4 is 10.6 Å². The largest absolute Gasteiger partial charge is 0.379 e. The number of aliphatic imine (C=N–C) groups is 1. The number of nitrogens with zero attached hydrogens (tertiary/aromatic N) is 2. The molecule has 1 saturated carbocycles. The monoisotopic (exact) mass is 354 g/mol. The second-order valence-corrected chi connectivity index (χ2v) is 8.73. The van der Waals surface area contributed by atoms with Crippen molar-refractivity contribution in [3.63, 3.8) is 0 Å². The standard InChI is InChI=1S/C18H34N4OS/c1-19-17(20-14-16-6-5-13-24-16)21-15-18(7-3-2-4-8-18)22-9-11-23-12-10-22/h16H,2-15H2,1H3,(H2,19,20,21). The van der Waals surface area contributed by atoms with Crippen molar-refractivity contribution in [2.24, 2.45) is 4.99 Å². The van der Waals surface area contributed by atoms with E-state index < -0.39 is 0 Å². The van der Waals surface area contributed by atoms with Gasteiger partial charge in [0.2, 0.25) is 0 Å². The van der Waals surface area contributed by atoms with E-state index in [9.17, 15) is 0 Å². The molecule has 0 aromatic heterocycles. The summed E-state index contributed by atoms with van der Waals surface area (Å²) in [6.07, 6.45) is 9.39. The van der Waals surface area contributed by atoms with Gasteiger partial charge in [0.15, 0.2) is 5.96 Å². The predicted octanol–water partition coefficient (Wildman–Crippen LogP) is 2.08. The summed E-state index contributed by atoms with van der Waals surface area (Å²) in [5.74, 6) is 2.29. The third-order valence-corrected chi connectivity index (χ3v) is 7.19. The number of hydrogen-bond acceptors (Lipinski definition) is 4. The zero-order valence-corrected chi connectivity index (χ0v) is 16.0. The molecule has 2 aliphatic heterocycles. The van der Waals surface area contributed by atoms with E-state index in [0.717, 1.165) is 50.6 Å². The van der Waals surface area contributed by atoms with Gasteiger partial charge in [-0.3, -0.25) is 9.89 Å². The lowest BCUT2D eigenvalue weighted by molar-refractivity contribution is -0.0352. The molecule has 0 amide bonds.